The molecule has 0 spiro atoms. The van der Waals surface area contributed by atoms with Gasteiger partial charge in [0, 0.05) is 12.6 Å². The van der Waals surface area contributed by atoms with Crippen molar-refractivity contribution in [1.29, 1.82) is 0 Å². The first-order valence-electron chi connectivity index (χ1n) is 5.68. The molecule has 1 rings (SSSR count). The summed E-state index contributed by atoms with van der Waals surface area (Å²) in [4.78, 5) is 0. The second-order valence-corrected chi connectivity index (χ2v) is 4.91. The highest BCUT2D eigenvalue weighted by Gasteiger charge is 2.22. The van der Waals surface area contributed by atoms with Crippen LogP contribution in [0, 0.1) is 5.92 Å². The van der Waals surface area contributed by atoms with Crippen molar-refractivity contribution in [2.75, 3.05) is 31.8 Å². The Balaban J connectivity index is 2.30. The summed E-state index contributed by atoms with van der Waals surface area (Å²) in [5, 5.41) is 3.59. The van der Waals surface area contributed by atoms with Crippen LogP contribution in [0.15, 0.2) is 0 Å². The lowest BCUT2D eigenvalue weighted by Gasteiger charge is -2.30. The van der Waals surface area contributed by atoms with E-state index in [-0.39, 0.29) is 0 Å². The lowest BCUT2D eigenvalue weighted by molar-refractivity contribution is 0.0391. The van der Waals surface area contributed by atoms with E-state index >= 15 is 0 Å². The van der Waals surface area contributed by atoms with Crippen molar-refractivity contribution in [1.82, 2.24) is 5.32 Å². The van der Waals surface area contributed by atoms with E-state index in [0.29, 0.717) is 6.04 Å². The Morgan fingerprint density at radius 1 is 1.57 bits per heavy atom. The monoisotopic (exact) mass is 217 g/mol. The molecule has 1 saturated heterocycles. The third kappa shape index (κ3) is 4.20. The van der Waals surface area contributed by atoms with Crippen LogP contribution < -0.4 is 5.32 Å². The van der Waals surface area contributed by atoms with Crippen LogP contribution in [0.5, 0.6) is 0 Å². The number of hydrogen-bond acceptors (Lipinski definition) is 3. The van der Waals surface area contributed by atoms with Gasteiger partial charge in [0.15, 0.2) is 0 Å². The number of thioether (sulfide) groups is 1. The van der Waals surface area contributed by atoms with Gasteiger partial charge in [0.2, 0.25) is 0 Å². The zero-order chi connectivity index (χ0) is 10.2. The molecule has 0 radical (unpaired) electrons. The highest BCUT2D eigenvalue weighted by Crippen LogP contribution is 2.20. The Kier molecular flexibility index (Phi) is 6.65. The normalized spacial score (nSPS) is 24.9. The predicted octanol–water partition coefficient (Wildman–Crippen LogP) is 2.14. The lowest BCUT2D eigenvalue weighted by atomic mass is 9.92. The highest BCUT2D eigenvalue weighted by molar-refractivity contribution is 7.98. The predicted molar refractivity (Wildman–Crippen MR) is 64.0 cm³/mol. The minimum absolute atomic E-state index is 0.674. The molecule has 0 amide bonds. The van der Waals surface area contributed by atoms with E-state index in [4.69, 9.17) is 4.74 Å². The zero-order valence-corrected chi connectivity index (χ0v) is 10.2. The van der Waals surface area contributed by atoms with Crippen LogP contribution in [-0.2, 0) is 4.74 Å². The summed E-state index contributed by atoms with van der Waals surface area (Å²) >= 11 is 1.94. The minimum atomic E-state index is 0.674. The molecule has 0 bridgehead atoms. The van der Waals surface area contributed by atoms with Crippen molar-refractivity contribution in [2.45, 2.75) is 32.2 Å². The smallest absolute Gasteiger partial charge is 0.0509 e. The van der Waals surface area contributed by atoms with Crippen molar-refractivity contribution in [3.05, 3.63) is 0 Å². The molecule has 0 aliphatic carbocycles. The van der Waals surface area contributed by atoms with E-state index in [1.807, 2.05) is 11.8 Å². The molecule has 1 aliphatic rings. The third-order valence-electron chi connectivity index (χ3n) is 2.86. The molecule has 1 fully saturated rings. The van der Waals surface area contributed by atoms with Crippen LogP contribution >= 0.6 is 11.8 Å². The fourth-order valence-corrected chi connectivity index (χ4v) is 2.58. The molecule has 3 heteroatoms. The summed E-state index contributed by atoms with van der Waals surface area (Å²) in [5.41, 5.74) is 0. The average molecular weight is 217 g/mol. The molecule has 0 aromatic heterocycles. The van der Waals surface area contributed by atoms with E-state index in [9.17, 15) is 0 Å². The average Bonchev–Trinajstić information content (AvgIpc) is 2.25. The second kappa shape index (κ2) is 7.55. The van der Waals surface area contributed by atoms with Gasteiger partial charge >= 0.3 is 0 Å². The van der Waals surface area contributed by atoms with Crippen LogP contribution in [0.3, 0.4) is 0 Å². The second-order valence-electron chi connectivity index (χ2n) is 3.92. The van der Waals surface area contributed by atoms with Gasteiger partial charge in [-0.25, -0.2) is 0 Å². The number of hydrogen-bond donors (Lipinski definition) is 1. The molecular weight excluding hydrogens is 194 g/mol. The van der Waals surface area contributed by atoms with Crippen LogP contribution in [-0.4, -0.2) is 37.8 Å². The Morgan fingerprint density at radius 2 is 2.43 bits per heavy atom. The van der Waals surface area contributed by atoms with E-state index in [2.05, 4.69) is 18.5 Å². The Labute approximate surface area is 92.2 Å². The molecule has 0 aromatic carbocycles. The first-order chi connectivity index (χ1) is 6.88. The van der Waals surface area contributed by atoms with Crippen molar-refractivity contribution >= 4 is 11.8 Å². The van der Waals surface area contributed by atoms with Gasteiger partial charge < -0.3 is 10.1 Å². The Bertz CT molecular complexity index is 137. The van der Waals surface area contributed by atoms with E-state index in [1.54, 1.807) is 0 Å². The summed E-state index contributed by atoms with van der Waals surface area (Å²) in [6, 6.07) is 0.674. The van der Waals surface area contributed by atoms with Crippen molar-refractivity contribution in [2.24, 2.45) is 5.92 Å². The first-order valence-corrected chi connectivity index (χ1v) is 7.08. The van der Waals surface area contributed by atoms with Crippen LogP contribution in [0.1, 0.15) is 26.2 Å². The molecule has 2 unspecified atom stereocenters. The molecule has 0 aromatic rings. The maximum Gasteiger partial charge on any atom is 0.0509 e. The quantitative estimate of drug-likeness (QED) is 0.736. The first kappa shape index (κ1) is 12.3. The molecule has 84 valence electrons. The standard InChI is InChI=1S/C11H23NOS/c1-3-12-11(6-8-14-2)10-5-4-7-13-9-10/h10-12H,3-9H2,1-2H3. The van der Waals surface area contributed by atoms with E-state index < -0.39 is 0 Å². The Morgan fingerprint density at radius 3 is 3.00 bits per heavy atom. The third-order valence-corrected chi connectivity index (χ3v) is 3.51. The van der Waals surface area contributed by atoms with Crippen LogP contribution in [0.2, 0.25) is 0 Å². The molecular formula is C11H23NOS. The molecule has 0 saturated carbocycles. The van der Waals surface area contributed by atoms with Crippen molar-refractivity contribution in [3.63, 3.8) is 0 Å². The maximum atomic E-state index is 5.54. The van der Waals surface area contributed by atoms with Gasteiger partial charge in [-0.1, -0.05) is 6.92 Å². The van der Waals surface area contributed by atoms with Crippen LogP contribution in [0.25, 0.3) is 0 Å². The minimum Gasteiger partial charge on any atom is -0.381 e. The molecule has 1 heterocycles. The number of rotatable bonds is 6. The fourth-order valence-electron chi connectivity index (χ4n) is 2.09. The molecule has 1 aliphatic heterocycles. The van der Waals surface area contributed by atoms with Gasteiger partial charge in [-0.3, -0.25) is 0 Å². The van der Waals surface area contributed by atoms with Gasteiger partial charge in [0.1, 0.15) is 0 Å². The van der Waals surface area contributed by atoms with Crippen LogP contribution in [0.4, 0.5) is 0 Å². The van der Waals surface area contributed by atoms with Crippen molar-refractivity contribution < 1.29 is 4.74 Å². The number of nitrogens with one attached hydrogen (secondary N) is 1. The summed E-state index contributed by atoms with van der Waals surface area (Å²) in [5.74, 6) is 2.00. The largest absolute Gasteiger partial charge is 0.381 e. The topological polar surface area (TPSA) is 21.3 Å². The van der Waals surface area contributed by atoms with Gasteiger partial charge in [-0.15, -0.1) is 0 Å². The lowest BCUT2D eigenvalue weighted by Crippen LogP contribution is -2.40. The van der Waals surface area contributed by atoms with Gasteiger partial charge in [-0.05, 0) is 43.7 Å². The summed E-state index contributed by atoms with van der Waals surface area (Å²) < 4.78 is 5.54. The van der Waals surface area contributed by atoms with Gasteiger partial charge in [0.25, 0.3) is 0 Å². The maximum absolute atomic E-state index is 5.54. The molecule has 1 N–H and O–H groups in total. The fraction of sp³-hybridized carbons (Fsp3) is 1.00. The number of ether oxygens (including phenoxy) is 1. The molecule has 2 atom stereocenters. The summed E-state index contributed by atoms with van der Waals surface area (Å²) in [6.07, 6.45) is 6.04. The molecule has 14 heavy (non-hydrogen) atoms. The van der Waals surface area contributed by atoms with E-state index in [1.165, 1.54) is 25.0 Å². The summed E-state index contributed by atoms with van der Waals surface area (Å²) in [6.45, 7) is 5.20. The van der Waals surface area contributed by atoms with Gasteiger partial charge in [0.05, 0.1) is 6.61 Å². The SMILES string of the molecule is CCNC(CCSC)C1CCCOC1. The Hall–Kier alpha value is 0.270. The zero-order valence-electron chi connectivity index (χ0n) is 9.42. The summed E-state index contributed by atoms with van der Waals surface area (Å²) in [7, 11) is 0. The molecule has 2 nitrogen and oxygen atoms in total. The highest BCUT2D eigenvalue weighted by atomic mass is 32.2. The van der Waals surface area contributed by atoms with Crippen molar-refractivity contribution in [3.8, 4) is 0 Å². The van der Waals surface area contributed by atoms with E-state index in [0.717, 1.165) is 25.7 Å². The van der Waals surface area contributed by atoms with Gasteiger partial charge in [-0.2, -0.15) is 11.8 Å².